The molecule has 0 aliphatic rings. The summed E-state index contributed by atoms with van der Waals surface area (Å²) in [7, 11) is 1.73. The van der Waals surface area contributed by atoms with E-state index in [-0.39, 0.29) is 24.2 Å². The van der Waals surface area contributed by atoms with E-state index in [1.54, 1.807) is 11.9 Å². The summed E-state index contributed by atoms with van der Waals surface area (Å²) in [6.45, 7) is 3.38. The Balaban J connectivity index is 2.71. The van der Waals surface area contributed by atoms with Crippen LogP contribution in [-0.2, 0) is 9.59 Å². The molecule has 0 heterocycles. The van der Waals surface area contributed by atoms with Crippen molar-refractivity contribution in [2.45, 2.75) is 26.3 Å². The Morgan fingerprint density at radius 3 is 2.31 bits per heavy atom. The molecule has 1 atom stereocenters. The van der Waals surface area contributed by atoms with Gasteiger partial charge in [-0.05, 0) is 19.4 Å². The summed E-state index contributed by atoms with van der Waals surface area (Å²) in [5, 5.41) is 0. The van der Waals surface area contributed by atoms with Gasteiger partial charge in [-0.3, -0.25) is 9.59 Å². The maximum Gasteiger partial charge on any atom is 0.230 e. The number of hydrogen-bond donors (Lipinski definition) is 0. The Morgan fingerprint density at radius 2 is 1.81 bits per heavy atom. The second-order valence-corrected chi connectivity index (χ2v) is 3.97. The van der Waals surface area contributed by atoms with Crippen molar-refractivity contribution in [3.63, 3.8) is 0 Å². The van der Waals surface area contributed by atoms with E-state index in [0.29, 0.717) is 0 Å². The largest absolute Gasteiger partial charge is 0.339 e. The number of ketones is 1. The van der Waals surface area contributed by atoms with Gasteiger partial charge in [-0.25, -0.2) is 0 Å². The number of carbonyl (C=O) groups is 2. The Hall–Kier alpha value is -1.64. The van der Waals surface area contributed by atoms with Crippen molar-refractivity contribution in [2.24, 2.45) is 0 Å². The zero-order valence-electron chi connectivity index (χ0n) is 9.93. The molecule has 0 N–H and O–H groups in total. The molecule has 0 fully saturated rings. The zero-order chi connectivity index (χ0) is 12.1. The van der Waals surface area contributed by atoms with Crippen LogP contribution in [0.25, 0.3) is 0 Å². The topological polar surface area (TPSA) is 37.4 Å². The lowest BCUT2D eigenvalue weighted by molar-refractivity contribution is -0.135. The van der Waals surface area contributed by atoms with Crippen LogP contribution in [0.15, 0.2) is 30.3 Å². The SMILES string of the molecule is CC(=O)CC(=O)N(C)C(C)c1ccccc1. The Bertz CT molecular complexity index is 373. The fourth-order valence-corrected chi connectivity index (χ4v) is 1.51. The molecule has 0 saturated heterocycles. The third kappa shape index (κ3) is 3.19. The minimum absolute atomic E-state index is 0.00644. The highest BCUT2D eigenvalue weighted by Gasteiger charge is 2.17. The molecule has 3 heteroatoms. The van der Waals surface area contributed by atoms with Crippen LogP contribution >= 0.6 is 0 Å². The van der Waals surface area contributed by atoms with Crippen LogP contribution in [0.2, 0.25) is 0 Å². The molecule has 0 aliphatic carbocycles. The summed E-state index contributed by atoms with van der Waals surface area (Å²) in [5.41, 5.74) is 1.07. The van der Waals surface area contributed by atoms with E-state index in [9.17, 15) is 9.59 Å². The Morgan fingerprint density at radius 1 is 1.25 bits per heavy atom. The number of Topliss-reactive ketones (excluding diaryl/α,β-unsaturated/α-hetero) is 1. The maximum absolute atomic E-state index is 11.7. The molecule has 1 rings (SSSR count). The number of hydrogen-bond acceptors (Lipinski definition) is 2. The fourth-order valence-electron chi connectivity index (χ4n) is 1.51. The van der Waals surface area contributed by atoms with E-state index in [1.807, 2.05) is 37.3 Å². The maximum atomic E-state index is 11.7. The minimum Gasteiger partial charge on any atom is -0.339 e. The first-order valence-corrected chi connectivity index (χ1v) is 5.32. The van der Waals surface area contributed by atoms with Crippen molar-refractivity contribution in [1.82, 2.24) is 4.90 Å². The number of rotatable bonds is 4. The summed E-state index contributed by atoms with van der Waals surface area (Å²) in [6, 6.07) is 9.76. The van der Waals surface area contributed by atoms with E-state index in [4.69, 9.17) is 0 Å². The summed E-state index contributed by atoms with van der Waals surface area (Å²) < 4.78 is 0. The second-order valence-electron chi connectivity index (χ2n) is 3.97. The van der Waals surface area contributed by atoms with Gasteiger partial charge in [0.05, 0.1) is 12.5 Å². The predicted octanol–water partition coefficient (Wildman–Crippen LogP) is 2.19. The van der Waals surface area contributed by atoms with Crippen LogP contribution in [0.4, 0.5) is 0 Å². The van der Waals surface area contributed by atoms with Gasteiger partial charge in [0.25, 0.3) is 0 Å². The van der Waals surface area contributed by atoms with Crippen molar-refractivity contribution >= 4 is 11.7 Å². The lowest BCUT2D eigenvalue weighted by Crippen LogP contribution is -2.30. The number of nitrogens with zero attached hydrogens (tertiary/aromatic N) is 1. The standard InChI is InChI=1S/C13H17NO2/c1-10(15)9-13(16)14(3)11(2)12-7-5-4-6-8-12/h4-8,11H,9H2,1-3H3. The van der Waals surface area contributed by atoms with Crippen molar-refractivity contribution in [1.29, 1.82) is 0 Å². The van der Waals surface area contributed by atoms with E-state index >= 15 is 0 Å². The molecule has 0 saturated carbocycles. The van der Waals surface area contributed by atoms with Crippen molar-refractivity contribution in [3.8, 4) is 0 Å². The highest BCUT2D eigenvalue weighted by atomic mass is 16.2. The van der Waals surface area contributed by atoms with E-state index in [2.05, 4.69) is 0 Å². The molecule has 1 unspecified atom stereocenters. The van der Waals surface area contributed by atoms with Gasteiger partial charge >= 0.3 is 0 Å². The molecule has 0 aliphatic heterocycles. The molecule has 3 nitrogen and oxygen atoms in total. The zero-order valence-corrected chi connectivity index (χ0v) is 9.93. The molecule has 86 valence electrons. The molecular formula is C13H17NO2. The Kier molecular flexibility index (Phi) is 4.23. The van der Waals surface area contributed by atoms with Crippen LogP contribution in [0.1, 0.15) is 31.9 Å². The fraction of sp³-hybridized carbons (Fsp3) is 0.385. The highest BCUT2D eigenvalue weighted by molar-refractivity contribution is 5.96. The van der Waals surface area contributed by atoms with Gasteiger partial charge in [0.1, 0.15) is 5.78 Å². The van der Waals surface area contributed by atoms with Gasteiger partial charge in [0, 0.05) is 7.05 Å². The van der Waals surface area contributed by atoms with Crippen LogP contribution in [0.5, 0.6) is 0 Å². The first kappa shape index (κ1) is 12.4. The lowest BCUT2D eigenvalue weighted by Gasteiger charge is -2.25. The van der Waals surface area contributed by atoms with Crippen molar-refractivity contribution < 1.29 is 9.59 Å². The van der Waals surface area contributed by atoms with Gasteiger partial charge in [0.2, 0.25) is 5.91 Å². The smallest absolute Gasteiger partial charge is 0.230 e. The Labute approximate surface area is 96.1 Å². The van der Waals surface area contributed by atoms with Gasteiger partial charge in [-0.1, -0.05) is 30.3 Å². The van der Waals surface area contributed by atoms with Crippen LogP contribution in [0.3, 0.4) is 0 Å². The summed E-state index contributed by atoms with van der Waals surface area (Å²) in [4.78, 5) is 24.2. The van der Waals surface area contributed by atoms with Crippen LogP contribution < -0.4 is 0 Å². The average molecular weight is 219 g/mol. The average Bonchev–Trinajstić information content (AvgIpc) is 2.27. The van der Waals surface area contributed by atoms with Gasteiger partial charge in [-0.2, -0.15) is 0 Å². The predicted molar refractivity (Wildman–Crippen MR) is 62.9 cm³/mol. The van der Waals surface area contributed by atoms with Crippen molar-refractivity contribution in [2.75, 3.05) is 7.05 Å². The molecule has 0 radical (unpaired) electrons. The second kappa shape index (κ2) is 5.45. The van der Waals surface area contributed by atoms with Gasteiger partial charge < -0.3 is 4.90 Å². The van der Waals surface area contributed by atoms with E-state index in [1.165, 1.54) is 6.92 Å². The highest BCUT2D eigenvalue weighted by Crippen LogP contribution is 2.18. The summed E-state index contributed by atoms with van der Waals surface area (Å²) in [6.07, 6.45) is -0.0202. The van der Waals surface area contributed by atoms with Gasteiger partial charge in [0.15, 0.2) is 0 Å². The third-order valence-electron chi connectivity index (χ3n) is 2.66. The van der Waals surface area contributed by atoms with Crippen LogP contribution in [0, 0.1) is 0 Å². The summed E-state index contributed by atoms with van der Waals surface area (Å²) in [5.74, 6) is -0.235. The first-order chi connectivity index (χ1) is 7.52. The normalized spacial score (nSPS) is 11.9. The number of carbonyl (C=O) groups excluding carboxylic acids is 2. The molecule has 1 amide bonds. The minimum atomic E-state index is -0.135. The quantitative estimate of drug-likeness (QED) is 0.728. The summed E-state index contributed by atoms with van der Waals surface area (Å²) >= 11 is 0. The molecule has 16 heavy (non-hydrogen) atoms. The van der Waals surface area contributed by atoms with Crippen molar-refractivity contribution in [3.05, 3.63) is 35.9 Å². The number of benzene rings is 1. The number of amides is 1. The van der Waals surface area contributed by atoms with Gasteiger partial charge in [-0.15, -0.1) is 0 Å². The first-order valence-electron chi connectivity index (χ1n) is 5.32. The molecular weight excluding hydrogens is 202 g/mol. The third-order valence-corrected chi connectivity index (χ3v) is 2.66. The lowest BCUT2D eigenvalue weighted by atomic mass is 10.1. The molecule has 0 spiro atoms. The van der Waals surface area contributed by atoms with E-state index < -0.39 is 0 Å². The van der Waals surface area contributed by atoms with E-state index in [0.717, 1.165) is 5.56 Å². The monoisotopic (exact) mass is 219 g/mol. The molecule has 0 aromatic heterocycles. The molecule has 0 bridgehead atoms. The van der Waals surface area contributed by atoms with Crippen LogP contribution in [-0.4, -0.2) is 23.6 Å². The molecule has 1 aromatic carbocycles. The molecule has 1 aromatic rings.